The van der Waals surface area contributed by atoms with Gasteiger partial charge < -0.3 is 14.2 Å². The van der Waals surface area contributed by atoms with E-state index in [1.807, 2.05) is 23.1 Å². The molecule has 1 aromatic heterocycles. The van der Waals surface area contributed by atoms with Gasteiger partial charge in [-0.05, 0) is 70.4 Å². The molecule has 2 heterocycles. The molecule has 0 aliphatic carbocycles. The largest absolute Gasteiger partial charge is 0.494 e. The predicted octanol–water partition coefficient (Wildman–Crippen LogP) is 5.32. The number of rotatable bonds is 7. The van der Waals surface area contributed by atoms with Gasteiger partial charge in [0.2, 0.25) is 5.91 Å². The second kappa shape index (κ2) is 8.74. The maximum absolute atomic E-state index is 12.7. The van der Waals surface area contributed by atoms with Crippen molar-refractivity contribution in [2.24, 2.45) is 0 Å². The summed E-state index contributed by atoms with van der Waals surface area (Å²) in [7, 11) is 0. The van der Waals surface area contributed by atoms with Crippen LogP contribution in [0.4, 0.5) is 0 Å². The second-order valence-electron chi connectivity index (χ2n) is 9.56. The number of benzene rings is 2. The SMILES string of the molecule is Cc1cccc(OCCCCn2c([C@@H]3CC(=O)N(C(C)(C)C)C3)nc3ccccc32)c1. The van der Waals surface area contributed by atoms with Crippen LogP contribution in [-0.2, 0) is 11.3 Å². The third-order valence-corrected chi connectivity index (χ3v) is 6.02. The first-order valence-corrected chi connectivity index (χ1v) is 11.3. The first kappa shape index (κ1) is 21.4. The van der Waals surface area contributed by atoms with Crippen molar-refractivity contribution in [2.45, 2.75) is 65.0 Å². The van der Waals surface area contributed by atoms with Crippen LogP contribution in [0.2, 0.25) is 0 Å². The van der Waals surface area contributed by atoms with Crippen molar-refractivity contribution in [1.29, 1.82) is 0 Å². The van der Waals surface area contributed by atoms with Gasteiger partial charge in [0.25, 0.3) is 0 Å². The molecule has 2 aromatic carbocycles. The van der Waals surface area contributed by atoms with E-state index >= 15 is 0 Å². The highest BCUT2D eigenvalue weighted by atomic mass is 16.5. The molecule has 0 unspecified atom stereocenters. The third-order valence-electron chi connectivity index (χ3n) is 6.02. The Bertz CT molecular complexity index is 1060. The van der Waals surface area contributed by atoms with Crippen LogP contribution in [0.3, 0.4) is 0 Å². The minimum Gasteiger partial charge on any atom is -0.494 e. The number of para-hydroxylation sites is 2. The first-order valence-electron chi connectivity index (χ1n) is 11.3. The second-order valence-corrected chi connectivity index (χ2v) is 9.56. The number of amides is 1. The zero-order valence-electron chi connectivity index (χ0n) is 19.1. The molecule has 1 amide bonds. The standard InChI is InChI=1S/C26H33N3O2/c1-19-10-9-11-21(16-19)31-15-8-7-14-28-23-13-6-5-12-22(23)27-25(28)20-17-24(30)29(18-20)26(2,3)4/h5-6,9-13,16,20H,7-8,14-15,17-18H2,1-4H3/t20-/m1/s1. The van der Waals surface area contributed by atoms with Gasteiger partial charge in [-0.2, -0.15) is 0 Å². The predicted molar refractivity (Wildman–Crippen MR) is 124 cm³/mol. The van der Waals surface area contributed by atoms with E-state index < -0.39 is 0 Å². The fourth-order valence-corrected chi connectivity index (χ4v) is 4.44. The summed E-state index contributed by atoms with van der Waals surface area (Å²) in [5.41, 5.74) is 3.21. The monoisotopic (exact) mass is 419 g/mol. The number of fused-ring (bicyclic) bond motifs is 1. The molecule has 0 N–H and O–H groups in total. The van der Waals surface area contributed by atoms with Crippen LogP contribution in [-0.4, -0.2) is 39.0 Å². The lowest BCUT2D eigenvalue weighted by atomic mass is 10.1. The minimum atomic E-state index is -0.157. The van der Waals surface area contributed by atoms with E-state index in [1.165, 1.54) is 5.56 Å². The van der Waals surface area contributed by atoms with Crippen LogP contribution < -0.4 is 4.74 Å². The normalized spacial score (nSPS) is 17.0. The topological polar surface area (TPSA) is 47.4 Å². The molecule has 3 aromatic rings. The van der Waals surface area contributed by atoms with Crippen molar-refractivity contribution < 1.29 is 9.53 Å². The minimum absolute atomic E-state index is 0.141. The molecule has 4 rings (SSSR count). The Kier molecular flexibility index (Phi) is 6.03. The van der Waals surface area contributed by atoms with E-state index in [0.717, 1.165) is 48.5 Å². The highest BCUT2D eigenvalue weighted by Crippen LogP contribution is 2.34. The molecule has 1 saturated heterocycles. The van der Waals surface area contributed by atoms with E-state index in [0.29, 0.717) is 13.0 Å². The number of unbranched alkanes of at least 4 members (excludes halogenated alkanes) is 1. The Hall–Kier alpha value is -2.82. The van der Waals surface area contributed by atoms with E-state index in [2.05, 4.69) is 62.6 Å². The Morgan fingerprint density at radius 1 is 1.10 bits per heavy atom. The first-order chi connectivity index (χ1) is 14.8. The summed E-state index contributed by atoms with van der Waals surface area (Å²) in [5.74, 6) is 2.34. The average molecular weight is 420 g/mol. The third kappa shape index (κ3) is 4.76. The zero-order chi connectivity index (χ0) is 22.0. The van der Waals surface area contributed by atoms with Crippen molar-refractivity contribution in [3.05, 3.63) is 59.9 Å². The Morgan fingerprint density at radius 2 is 1.90 bits per heavy atom. The molecule has 0 spiro atoms. The number of nitrogens with zero attached hydrogens (tertiary/aromatic N) is 3. The average Bonchev–Trinajstić information content (AvgIpc) is 3.28. The number of hydrogen-bond donors (Lipinski definition) is 0. The van der Waals surface area contributed by atoms with Gasteiger partial charge in [0.05, 0.1) is 17.6 Å². The number of aromatic nitrogens is 2. The molecule has 0 radical (unpaired) electrons. The molecule has 0 bridgehead atoms. The van der Waals surface area contributed by atoms with Crippen molar-refractivity contribution in [2.75, 3.05) is 13.2 Å². The summed E-state index contributed by atoms with van der Waals surface area (Å²) in [4.78, 5) is 19.6. The highest BCUT2D eigenvalue weighted by Gasteiger charge is 2.38. The maximum atomic E-state index is 12.7. The lowest BCUT2D eigenvalue weighted by molar-refractivity contribution is -0.131. The van der Waals surface area contributed by atoms with E-state index in [-0.39, 0.29) is 17.4 Å². The van der Waals surface area contributed by atoms with Gasteiger partial charge in [0, 0.05) is 31.0 Å². The van der Waals surface area contributed by atoms with Gasteiger partial charge in [-0.3, -0.25) is 4.79 Å². The van der Waals surface area contributed by atoms with Gasteiger partial charge in [-0.15, -0.1) is 0 Å². The van der Waals surface area contributed by atoms with Gasteiger partial charge in [-0.1, -0.05) is 24.3 Å². The zero-order valence-corrected chi connectivity index (χ0v) is 19.1. The van der Waals surface area contributed by atoms with E-state index in [1.54, 1.807) is 0 Å². The lowest BCUT2D eigenvalue weighted by Gasteiger charge is -2.32. The van der Waals surface area contributed by atoms with Gasteiger partial charge in [0.1, 0.15) is 11.6 Å². The Labute approximate surface area is 185 Å². The van der Waals surface area contributed by atoms with Crippen molar-refractivity contribution in [3.8, 4) is 5.75 Å². The highest BCUT2D eigenvalue weighted by molar-refractivity contribution is 5.81. The number of hydrogen-bond acceptors (Lipinski definition) is 3. The Balaban J connectivity index is 1.45. The lowest BCUT2D eigenvalue weighted by Crippen LogP contribution is -2.42. The van der Waals surface area contributed by atoms with Crippen LogP contribution in [0, 0.1) is 6.92 Å². The summed E-state index contributed by atoms with van der Waals surface area (Å²) >= 11 is 0. The number of imidazole rings is 1. The maximum Gasteiger partial charge on any atom is 0.223 e. The summed E-state index contributed by atoms with van der Waals surface area (Å²) < 4.78 is 8.24. The molecule has 0 saturated carbocycles. The van der Waals surface area contributed by atoms with Crippen molar-refractivity contribution >= 4 is 16.9 Å². The molecule has 5 nitrogen and oxygen atoms in total. The van der Waals surface area contributed by atoms with Gasteiger partial charge in [0.15, 0.2) is 0 Å². The molecule has 31 heavy (non-hydrogen) atoms. The summed E-state index contributed by atoms with van der Waals surface area (Å²) in [6, 6.07) is 16.5. The number of carbonyl (C=O) groups is 1. The fraction of sp³-hybridized carbons (Fsp3) is 0.462. The molecule has 1 aliphatic heterocycles. The van der Waals surface area contributed by atoms with Gasteiger partial charge >= 0.3 is 0 Å². The number of carbonyl (C=O) groups excluding carboxylic acids is 1. The van der Waals surface area contributed by atoms with E-state index in [9.17, 15) is 4.79 Å². The molecule has 164 valence electrons. The number of likely N-dealkylation sites (tertiary alicyclic amines) is 1. The number of ether oxygens (including phenoxy) is 1. The van der Waals surface area contributed by atoms with Crippen LogP contribution in [0.1, 0.15) is 57.3 Å². The number of aryl methyl sites for hydroxylation is 2. The summed E-state index contributed by atoms with van der Waals surface area (Å²) in [6.45, 7) is 10.7. The molecular weight excluding hydrogens is 386 g/mol. The molecular formula is C26H33N3O2. The van der Waals surface area contributed by atoms with Crippen molar-refractivity contribution in [1.82, 2.24) is 14.5 Å². The fourth-order valence-electron chi connectivity index (χ4n) is 4.44. The smallest absolute Gasteiger partial charge is 0.223 e. The van der Waals surface area contributed by atoms with Crippen LogP contribution >= 0.6 is 0 Å². The quantitative estimate of drug-likeness (QED) is 0.487. The van der Waals surface area contributed by atoms with Crippen molar-refractivity contribution in [3.63, 3.8) is 0 Å². The molecule has 1 aliphatic rings. The summed E-state index contributed by atoms with van der Waals surface area (Å²) in [6.07, 6.45) is 2.51. The van der Waals surface area contributed by atoms with E-state index in [4.69, 9.17) is 9.72 Å². The van der Waals surface area contributed by atoms with Crippen LogP contribution in [0.5, 0.6) is 5.75 Å². The summed E-state index contributed by atoms with van der Waals surface area (Å²) in [5, 5.41) is 0. The van der Waals surface area contributed by atoms with Gasteiger partial charge in [-0.25, -0.2) is 4.98 Å². The van der Waals surface area contributed by atoms with Crippen LogP contribution in [0.25, 0.3) is 11.0 Å². The molecule has 5 heteroatoms. The molecule has 1 atom stereocenters. The Morgan fingerprint density at radius 3 is 2.65 bits per heavy atom. The van der Waals surface area contributed by atoms with Crippen LogP contribution in [0.15, 0.2) is 48.5 Å². The molecule has 1 fully saturated rings.